The summed E-state index contributed by atoms with van der Waals surface area (Å²) in [6.45, 7) is 43.9. The molecule has 2 N–H and O–H groups in total. The molecular formula is C60H122O5. The van der Waals surface area contributed by atoms with Crippen molar-refractivity contribution in [2.45, 2.75) is 291 Å². The van der Waals surface area contributed by atoms with Gasteiger partial charge >= 0.3 is 0 Å². The van der Waals surface area contributed by atoms with E-state index in [1.165, 1.54) is 89.9 Å². The van der Waals surface area contributed by atoms with Gasteiger partial charge in [-0.15, -0.1) is 0 Å². The topological polar surface area (TPSA) is 68.2 Å². The Morgan fingerprint density at radius 1 is 0.277 bits per heavy atom. The lowest BCUT2D eigenvalue weighted by Gasteiger charge is -2.27. The quantitative estimate of drug-likeness (QED) is 0.0596. The first-order chi connectivity index (χ1) is 30.5. The maximum atomic E-state index is 9.76. The Kier molecular flexibility index (Phi) is 38.4. The first-order valence-corrected chi connectivity index (χ1v) is 28.8. The minimum atomic E-state index is -0.182. The summed E-state index contributed by atoms with van der Waals surface area (Å²) < 4.78 is 19.3. The fraction of sp³-hybridized carbons (Fsp3) is 1.00. The summed E-state index contributed by atoms with van der Waals surface area (Å²) in [5.41, 5.74) is 0. The van der Waals surface area contributed by atoms with Gasteiger partial charge in [-0.25, -0.2) is 0 Å². The molecule has 0 spiro atoms. The molecule has 0 bridgehead atoms. The largest absolute Gasteiger partial charge is 0.393 e. The molecular weight excluding hydrogens is 801 g/mol. The van der Waals surface area contributed by atoms with Gasteiger partial charge in [0, 0.05) is 13.2 Å². The molecule has 0 saturated heterocycles. The number of aliphatic hydroxyl groups excluding tert-OH is 2. The second-order valence-electron chi connectivity index (χ2n) is 25.1. The maximum Gasteiger partial charge on any atom is 0.160 e. The third-order valence-electron chi connectivity index (χ3n) is 14.7. The first kappa shape index (κ1) is 64.8. The van der Waals surface area contributed by atoms with E-state index in [0.717, 1.165) is 124 Å². The smallest absolute Gasteiger partial charge is 0.160 e. The Morgan fingerprint density at radius 2 is 0.477 bits per heavy atom. The van der Waals surface area contributed by atoms with Crippen LogP contribution in [0.25, 0.3) is 0 Å². The van der Waals surface area contributed by atoms with Gasteiger partial charge in [0.05, 0.1) is 12.2 Å². The van der Waals surface area contributed by atoms with Crippen molar-refractivity contribution >= 4 is 0 Å². The van der Waals surface area contributed by atoms with E-state index in [2.05, 4.69) is 111 Å². The Bertz CT molecular complexity index is 968. The minimum absolute atomic E-state index is 0.182. The molecule has 5 heteroatoms. The molecule has 392 valence electrons. The molecule has 0 heterocycles. The van der Waals surface area contributed by atoms with E-state index >= 15 is 0 Å². The molecule has 0 aliphatic rings. The molecule has 0 aromatic heterocycles. The molecule has 5 nitrogen and oxygen atoms in total. The van der Waals surface area contributed by atoms with E-state index in [1.807, 2.05) is 13.8 Å². The van der Waals surface area contributed by atoms with Gasteiger partial charge < -0.3 is 24.4 Å². The van der Waals surface area contributed by atoms with Gasteiger partial charge in [-0.1, -0.05) is 124 Å². The predicted octanol–water partition coefficient (Wildman–Crippen LogP) is 18.0. The standard InChI is InChI=1S/C60H122O5/c1-19-27-63-59(25-21-23-43(3)29-45(5)31-47(7)33-49(9)35-51(11)37-53(13)39-55(15)41-57(17)61)65-60(64-28-20-2)26-22-24-44(4)30-46(6)32-48(8)34-50(10)36-52(12)38-54(14)40-56(16)42-58(18)62/h43-62H,19-42H2,1-18H3. The molecule has 18 unspecified atom stereocenters. The van der Waals surface area contributed by atoms with Crippen LogP contribution in [0.15, 0.2) is 0 Å². The monoisotopic (exact) mass is 923 g/mol. The number of rotatable bonds is 44. The van der Waals surface area contributed by atoms with Crippen LogP contribution in [0, 0.1) is 82.9 Å². The average molecular weight is 924 g/mol. The van der Waals surface area contributed by atoms with Crippen molar-refractivity contribution in [2.75, 3.05) is 13.2 Å². The molecule has 0 aromatic carbocycles. The summed E-state index contributed by atoms with van der Waals surface area (Å²) in [4.78, 5) is 0. The summed E-state index contributed by atoms with van der Waals surface area (Å²) in [5, 5.41) is 19.5. The summed E-state index contributed by atoms with van der Waals surface area (Å²) in [5.74, 6) is 10.3. The molecule has 0 aromatic rings. The zero-order valence-electron chi connectivity index (χ0n) is 47.5. The lowest BCUT2D eigenvalue weighted by Crippen LogP contribution is -2.28. The van der Waals surface area contributed by atoms with Crippen molar-refractivity contribution in [1.29, 1.82) is 0 Å². The van der Waals surface area contributed by atoms with Gasteiger partial charge in [-0.05, 0) is 225 Å². The summed E-state index contributed by atoms with van der Waals surface area (Å²) in [6.07, 6.45) is 25.5. The van der Waals surface area contributed by atoms with Crippen LogP contribution in [0.2, 0.25) is 0 Å². The van der Waals surface area contributed by atoms with Gasteiger partial charge in [-0.3, -0.25) is 0 Å². The molecule has 0 aliphatic heterocycles. The van der Waals surface area contributed by atoms with Crippen molar-refractivity contribution in [3.8, 4) is 0 Å². The fourth-order valence-electron chi connectivity index (χ4n) is 13.1. The Hall–Kier alpha value is -0.200. The predicted molar refractivity (Wildman–Crippen MR) is 285 cm³/mol. The van der Waals surface area contributed by atoms with E-state index in [-0.39, 0.29) is 24.8 Å². The molecule has 0 radical (unpaired) electrons. The van der Waals surface area contributed by atoms with Crippen molar-refractivity contribution < 1.29 is 24.4 Å². The van der Waals surface area contributed by atoms with Crippen molar-refractivity contribution in [1.82, 2.24) is 0 Å². The molecule has 0 rings (SSSR count). The number of hydrogen-bond donors (Lipinski definition) is 2. The summed E-state index contributed by atoms with van der Waals surface area (Å²) in [6, 6.07) is 0. The Labute approximate surface area is 409 Å². The second-order valence-corrected chi connectivity index (χ2v) is 25.1. The van der Waals surface area contributed by atoms with Gasteiger partial charge in [0.15, 0.2) is 12.6 Å². The van der Waals surface area contributed by atoms with E-state index in [4.69, 9.17) is 14.2 Å². The van der Waals surface area contributed by atoms with Gasteiger partial charge in [-0.2, -0.15) is 0 Å². The molecule has 0 amide bonds. The summed E-state index contributed by atoms with van der Waals surface area (Å²) in [7, 11) is 0. The van der Waals surface area contributed by atoms with Crippen LogP contribution in [0.5, 0.6) is 0 Å². The Balaban J connectivity index is 4.74. The zero-order valence-corrected chi connectivity index (χ0v) is 47.5. The van der Waals surface area contributed by atoms with Gasteiger partial charge in [0.25, 0.3) is 0 Å². The molecule has 0 aliphatic carbocycles. The SMILES string of the molecule is CCCOC(CCCC(C)CC(C)CC(C)CC(C)CC(C)CC(C)CC(C)CC(C)O)OC(CCCC(C)CC(C)CC(C)CC(C)CC(C)CC(C)CC(C)CC(C)O)OCCC. The lowest BCUT2D eigenvalue weighted by molar-refractivity contribution is -0.250. The van der Waals surface area contributed by atoms with E-state index in [1.54, 1.807) is 0 Å². The average Bonchev–Trinajstić information content (AvgIpc) is 3.13. The van der Waals surface area contributed by atoms with E-state index < -0.39 is 0 Å². The highest BCUT2D eigenvalue weighted by Crippen LogP contribution is 2.33. The minimum Gasteiger partial charge on any atom is -0.393 e. The van der Waals surface area contributed by atoms with Gasteiger partial charge in [0.1, 0.15) is 0 Å². The van der Waals surface area contributed by atoms with Crippen LogP contribution in [0.4, 0.5) is 0 Å². The first-order valence-electron chi connectivity index (χ1n) is 28.8. The van der Waals surface area contributed by atoms with E-state index in [9.17, 15) is 10.2 Å². The second kappa shape index (κ2) is 38.5. The van der Waals surface area contributed by atoms with Crippen LogP contribution in [-0.2, 0) is 14.2 Å². The number of aliphatic hydroxyl groups is 2. The van der Waals surface area contributed by atoms with Crippen LogP contribution in [0.3, 0.4) is 0 Å². The zero-order chi connectivity index (χ0) is 49.5. The fourth-order valence-corrected chi connectivity index (χ4v) is 13.1. The van der Waals surface area contributed by atoms with Crippen LogP contribution >= 0.6 is 0 Å². The van der Waals surface area contributed by atoms with Crippen LogP contribution < -0.4 is 0 Å². The third kappa shape index (κ3) is 38.3. The molecule has 0 fully saturated rings. The normalized spacial score (nSPS) is 20.9. The molecule has 18 atom stereocenters. The highest BCUT2D eigenvalue weighted by atomic mass is 16.8. The molecule has 0 saturated carbocycles. The van der Waals surface area contributed by atoms with Gasteiger partial charge in [0.2, 0.25) is 0 Å². The number of hydrogen-bond acceptors (Lipinski definition) is 5. The Morgan fingerprint density at radius 3 is 0.677 bits per heavy atom. The van der Waals surface area contributed by atoms with Crippen molar-refractivity contribution in [3.63, 3.8) is 0 Å². The summed E-state index contributed by atoms with van der Waals surface area (Å²) >= 11 is 0. The number of ether oxygens (including phenoxy) is 3. The van der Waals surface area contributed by atoms with Crippen molar-refractivity contribution in [2.24, 2.45) is 82.9 Å². The van der Waals surface area contributed by atoms with Crippen LogP contribution in [0.1, 0.15) is 266 Å². The molecule has 65 heavy (non-hydrogen) atoms. The van der Waals surface area contributed by atoms with E-state index in [0.29, 0.717) is 23.7 Å². The maximum absolute atomic E-state index is 9.76. The van der Waals surface area contributed by atoms with Crippen LogP contribution in [-0.4, -0.2) is 48.2 Å². The highest BCUT2D eigenvalue weighted by molar-refractivity contribution is 4.73. The third-order valence-corrected chi connectivity index (χ3v) is 14.7. The van der Waals surface area contributed by atoms with Crippen molar-refractivity contribution in [3.05, 3.63) is 0 Å². The highest BCUT2D eigenvalue weighted by Gasteiger charge is 2.23. The lowest BCUT2D eigenvalue weighted by atomic mass is 9.80.